The maximum absolute atomic E-state index is 10.2. The van der Waals surface area contributed by atoms with Gasteiger partial charge in [-0.25, -0.2) is 0 Å². The number of carboxylic acids is 2. The molecule has 0 amide bonds. The van der Waals surface area contributed by atoms with Gasteiger partial charge in [0.15, 0.2) is 0 Å². The number of esters is 2. The first-order valence-electron chi connectivity index (χ1n) is 5.04. The first kappa shape index (κ1) is 23.2. The topological polar surface area (TPSA) is 133 Å². The van der Waals surface area contributed by atoms with Crippen LogP contribution < -0.4 is 10.2 Å². The molecule has 0 rings (SSSR count). The smallest absolute Gasteiger partial charge is 0.550 e. The van der Waals surface area contributed by atoms with Crippen molar-refractivity contribution in [1.29, 1.82) is 0 Å². The average molecular weight is 302 g/mol. The second kappa shape index (κ2) is 15.2. The molecule has 0 bridgehead atoms. The van der Waals surface area contributed by atoms with Gasteiger partial charge < -0.3 is 29.3 Å². The molecule has 0 aliphatic rings. The quantitative estimate of drug-likeness (QED) is 0.288. The van der Waals surface area contributed by atoms with Crippen LogP contribution in [0.1, 0.15) is 26.7 Å². The monoisotopic (exact) mass is 302 g/mol. The van der Waals surface area contributed by atoms with E-state index in [0.717, 1.165) is 0 Å². The third-order valence-corrected chi connectivity index (χ3v) is 1.19. The second-order valence-electron chi connectivity index (χ2n) is 2.71. The van der Waals surface area contributed by atoms with Crippen molar-refractivity contribution in [3.63, 3.8) is 0 Å². The molecule has 0 aromatic carbocycles. The van der Waals surface area contributed by atoms with Crippen molar-refractivity contribution in [3.8, 4) is 0 Å². The van der Waals surface area contributed by atoms with Gasteiger partial charge in [-0.05, 0) is 13.8 Å². The molecule has 0 aliphatic heterocycles. The number of ether oxygens (including phenoxy) is 2. The molecule has 0 N–H and O–H groups in total. The number of hydrogen-bond donors (Lipinski definition) is 0. The molecule has 0 radical (unpaired) electrons. The Morgan fingerprint density at radius 3 is 1.21 bits per heavy atom. The van der Waals surface area contributed by atoms with Crippen LogP contribution in [0.2, 0.25) is 0 Å². The summed E-state index contributed by atoms with van der Waals surface area (Å²) in [5.74, 6) is -4.32. The summed E-state index contributed by atoms with van der Waals surface area (Å²) in [6, 6.07) is 0. The number of carbonyl (C=O) groups excluding carboxylic acids is 4. The minimum atomic E-state index is -1.41. The van der Waals surface area contributed by atoms with E-state index in [4.69, 9.17) is 0 Å². The first-order valence-corrected chi connectivity index (χ1v) is 5.04. The molecule has 0 saturated carbocycles. The van der Waals surface area contributed by atoms with Gasteiger partial charge in [-0.3, -0.25) is 9.59 Å². The third-order valence-electron chi connectivity index (χ3n) is 1.19. The van der Waals surface area contributed by atoms with Gasteiger partial charge in [-0.1, -0.05) is 0 Å². The fraction of sp³-hybridized carbons (Fsp3) is 0.600. The second-order valence-corrected chi connectivity index (χ2v) is 2.71. The van der Waals surface area contributed by atoms with E-state index in [2.05, 4.69) is 9.47 Å². The molecule has 8 nitrogen and oxygen atoms in total. The molecular weight excluding hydrogens is 288 g/mol. The fourth-order valence-corrected chi connectivity index (χ4v) is 0.660. The van der Waals surface area contributed by atoms with Crippen LogP contribution in [-0.2, 0) is 28.7 Å². The van der Waals surface area contributed by atoms with Gasteiger partial charge in [-0.2, -0.15) is 0 Å². The van der Waals surface area contributed by atoms with Gasteiger partial charge in [-0.15, -0.1) is 0 Å². The molecule has 104 valence electrons. The standard InChI is InChI=1S/2C5H8O4.Ca/c2*1-2-9-5(8)3-4(6)7;/h2*2-3H2,1H3,(H,6,7);/q;;+2/p-2. The van der Waals surface area contributed by atoms with Gasteiger partial charge in [0.25, 0.3) is 0 Å². The van der Waals surface area contributed by atoms with E-state index in [1.807, 2.05) is 0 Å². The van der Waals surface area contributed by atoms with Crippen LogP contribution >= 0.6 is 0 Å². The summed E-state index contributed by atoms with van der Waals surface area (Å²) in [6.45, 7) is 3.61. The fourth-order valence-electron chi connectivity index (χ4n) is 0.660. The number of aliphatic carboxylic acids is 2. The molecular formula is C10H14CaO8. The molecule has 0 aliphatic carbocycles. The van der Waals surface area contributed by atoms with Crippen molar-refractivity contribution >= 4 is 61.6 Å². The van der Waals surface area contributed by atoms with Gasteiger partial charge >= 0.3 is 49.7 Å². The Labute approximate surface area is 140 Å². The van der Waals surface area contributed by atoms with Crippen molar-refractivity contribution in [3.05, 3.63) is 0 Å². The molecule has 0 aromatic heterocycles. The Morgan fingerprint density at radius 2 is 1.05 bits per heavy atom. The van der Waals surface area contributed by atoms with Crippen LogP contribution in [0.5, 0.6) is 0 Å². The average Bonchev–Trinajstić information content (AvgIpc) is 2.16. The maximum atomic E-state index is 10.2. The number of rotatable bonds is 6. The Balaban J connectivity index is -0.000000256. The van der Waals surface area contributed by atoms with Crippen LogP contribution in [0, 0.1) is 0 Å². The predicted octanol–water partition coefficient (Wildman–Crippen LogP) is -3.00. The molecule has 19 heavy (non-hydrogen) atoms. The van der Waals surface area contributed by atoms with E-state index in [1.54, 1.807) is 13.8 Å². The molecule has 0 saturated heterocycles. The van der Waals surface area contributed by atoms with Crippen molar-refractivity contribution in [2.24, 2.45) is 0 Å². The normalized spacial score (nSPS) is 8.11. The van der Waals surface area contributed by atoms with Crippen molar-refractivity contribution < 1.29 is 38.9 Å². The zero-order valence-corrected chi connectivity index (χ0v) is 13.0. The van der Waals surface area contributed by atoms with E-state index in [-0.39, 0.29) is 51.0 Å². The van der Waals surface area contributed by atoms with Gasteiger partial charge in [0.05, 0.1) is 38.0 Å². The van der Waals surface area contributed by atoms with Crippen LogP contribution in [0.4, 0.5) is 0 Å². The Morgan fingerprint density at radius 1 is 0.789 bits per heavy atom. The van der Waals surface area contributed by atoms with Crippen LogP contribution in [0.15, 0.2) is 0 Å². The van der Waals surface area contributed by atoms with E-state index >= 15 is 0 Å². The summed E-state index contributed by atoms with van der Waals surface area (Å²) in [7, 11) is 0. The van der Waals surface area contributed by atoms with E-state index in [0.29, 0.717) is 0 Å². The van der Waals surface area contributed by atoms with Crippen molar-refractivity contribution in [1.82, 2.24) is 0 Å². The molecule has 0 fully saturated rings. The van der Waals surface area contributed by atoms with Crippen LogP contribution in [-0.4, -0.2) is 74.8 Å². The summed E-state index contributed by atoms with van der Waals surface area (Å²) >= 11 is 0. The molecule has 0 aromatic rings. The van der Waals surface area contributed by atoms with Gasteiger partial charge in [0, 0.05) is 0 Å². The van der Waals surface area contributed by atoms with Crippen molar-refractivity contribution in [2.75, 3.05) is 13.2 Å². The number of carboxylic acid groups (broad SMARTS) is 2. The number of hydrogen-bond acceptors (Lipinski definition) is 8. The maximum Gasteiger partial charge on any atom is 2.00 e. The largest absolute Gasteiger partial charge is 2.00 e. The molecule has 0 atom stereocenters. The van der Waals surface area contributed by atoms with E-state index < -0.39 is 36.7 Å². The SMILES string of the molecule is CCOC(=O)CC(=O)[O-].CCOC(=O)CC(=O)[O-].[Ca+2]. The zero-order valence-electron chi connectivity index (χ0n) is 10.8. The Kier molecular flexibility index (Phi) is 18.6. The van der Waals surface area contributed by atoms with Crippen molar-refractivity contribution in [2.45, 2.75) is 26.7 Å². The van der Waals surface area contributed by atoms with Gasteiger partial charge in [0.2, 0.25) is 0 Å². The summed E-state index contributed by atoms with van der Waals surface area (Å²) < 4.78 is 8.59. The van der Waals surface area contributed by atoms with Crippen LogP contribution in [0.3, 0.4) is 0 Å². The van der Waals surface area contributed by atoms with Crippen LogP contribution in [0.25, 0.3) is 0 Å². The minimum absolute atomic E-state index is 0. The summed E-state index contributed by atoms with van der Waals surface area (Å²) in [4.78, 5) is 39.8. The molecule has 0 spiro atoms. The summed E-state index contributed by atoms with van der Waals surface area (Å²) in [5.41, 5.74) is 0. The molecule has 9 heteroatoms. The third kappa shape index (κ3) is 22.8. The summed E-state index contributed by atoms with van der Waals surface area (Å²) in [6.07, 6.45) is -1.32. The van der Waals surface area contributed by atoms with E-state index in [9.17, 15) is 29.4 Å². The minimum Gasteiger partial charge on any atom is -0.550 e. The zero-order chi connectivity index (χ0) is 14.6. The number of carbonyl (C=O) groups is 4. The summed E-state index contributed by atoms with van der Waals surface area (Å²) in [5, 5.41) is 19.3. The Hall–Kier alpha value is -0.860. The Bertz CT molecular complexity index is 272. The first-order chi connectivity index (χ1) is 8.33. The molecule has 0 heterocycles. The molecule has 0 unspecified atom stereocenters. The predicted molar refractivity (Wildman–Crippen MR) is 58.3 cm³/mol. The van der Waals surface area contributed by atoms with E-state index in [1.165, 1.54) is 0 Å². The van der Waals surface area contributed by atoms with Gasteiger partial charge in [0.1, 0.15) is 0 Å².